The smallest absolute Gasteiger partial charge is 0.265 e. The number of rotatable bonds is 4. The summed E-state index contributed by atoms with van der Waals surface area (Å²) in [6.45, 7) is 1.88. The summed E-state index contributed by atoms with van der Waals surface area (Å²) in [5, 5.41) is 24.5. The second kappa shape index (κ2) is 7.85. The number of aliphatic hydroxyl groups is 1. The van der Waals surface area contributed by atoms with Crippen LogP contribution in [0.4, 0.5) is 5.69 Å². The second-order valence-corrected chi connectivity index (χ2v) is 7.08. The number of aromatic hydroxyl groups is 1. The molecule has 0 bridgehead atoms. The molecule has 6 heteroatoms. The molecule has 0 spiro atoms. The fraction of sp³-hybridized carbons (Fsp3) is 0.0833. The molecule has 0 radical (unpaired) electrons. The number of carbonyl (C=O) groups is 1. The molecule has 1 aromatic heterocycles. The van der Waals surface area contributed by atoms with Crippen LogP contribution in [-0.4, -0.2) is 21.1 Å². The maximum Gasteiger partial charge on any atom is 0.265 e. The molecule has 4 N–H and O–H groups in total. The van der Waals surface area contributed by atoms with E-state index in [0.29, 0.717) is 27.7 Å². The highest BCUT2D eigenvalue weighted by Crippen LogP contribution is 2.31. The van der Waals surface area contributed by atoms with Crippen molar-refractivity contribution in [1.82, 2.24) is 4.98 Å². The lowest BCUT2D eigenvalue weighted by molar-refractivity contribution is 0.102. The van der Waals surface area contributed by atoms with Crippen LogP contribution in [0.5, 0.6) is 5.75 Å². The molecule has 0 unspecified atom stereocenters. The van der Waals surface area contributed by atoms with Gasteiger partial charge < -0.3 is 20.5 Å². The van der Waals surface area contributed by atoms with Crippen LogP contribution in [0, 0.1) is 6.92 Å². The van der Waals surface area contributed by atoms with Gasteiger partial charge in [-0.2, -0.15) is 0 Å². The molecule has 0 saturated heterocycles. The van der Waals surface area contributed by atoms with Crippen molar-refractivity contribution >= 4 is 22.5 Å². The number of aromatic nitrogens is 1. The molecular weight excluding hydrogens is 380 g/mol. The molecule has 1 atom stereocenters. The highest BCUT2D eigenvalue weighted by atomic mass is 16.3. The summed E-state index contributed by atoms with van der Waals surface area (Å²) in [6, 6.07) is 21.0. The Morgan fingerprint density at radius 2 is 1.70 bits per heavy atom. The Bertz CT molecular complexity index is 1300. The summed E-state index contributed by atoms with van der Waals surface area (Å²) >= 11 is 0. The Balaban J connectivity index is 1.75. The number of benzene rings is 3. The molecule has 0 aliphatic heterocycles. The third-order valence-electron chi connectivity index (χ3n) is 4.99. The molecule has 0 aliphatic carbocycles. The molecule has 0 saturated carbocycles. The van der Waals surface area contributed by atoms with Gasteiger partial charge in [0, 0.05) is 16.6 Å². The van der Waals surface area contributed by atoms with Crippen molar-refractivity contribution in [2.45, 2.75) is 13.0 Å². The van der Waals surface area contributed by atoms with Crippen LogP contribution in [-0.2, 0) is 0 Å². The van der Waals surface area contributed by atoms with E-state index in [2.05, 4.69) is 10.3 Å². The molecule has 1 heterocycles. The van der Waals surface area contributed by atoms with Gasteiger partial charge in [0.15, 0.2) is 0 Å². The van der Waals surface area contributed by atoms with Crippen molar-refractivity contribution in [3.63, 3.8) is 0 Å². The predicted octanol–water partition coefficient (Wildman–Crippen LogP) is 3.88. The first-order valence-electron chi connectivity index (χ1n) is 9.44. The van der Waals surface area contributed by atoms with Crippen LogP contribution < -0.4 is 10.9 Å². The van der Waals surface area contributed by atoms with Crippen molar-refractivity contribution in [3.8, 4) is 5.75 Å². The van der Waals surface area contributed by atoms with Gasteiger partial charge in [-0.15, -0.1) is 0 Å². The van der Waals surface area contributed by atoms with Gasteiger partial charge in [-0.05, 0) is 30.7 Å². The first kappa shape index (κ1) is 19.4. The normalized spacial score (nSPS) is 11.9. The van der Waals surface area contributed by atoms with Gasteiger partial charge in [-0.3, -0.25) is 9.59 Å². The Morgan fingerprint density at radius 3 is 2.47 bits per heavy atom. The fourth-order valence-corrected chi connectivity index (χ4v) is 3.46. The second-order valence-electron chi connectivity index (χ2n) is 7.08. The molecule has 30 heavy (non-hydrogen) atoms. The van der Waals surface area contributed by atoms with Crippen LogP contribution >= 0.6 is 0 Å². The lowest BCUT2D eigenvalue weighted by Gasteiger charge is -2.18. The van der Waals surface area contributed by atoms with E-state index in [1.165, 1.54) is 0 Å². The summed E-state index contributed by atoms with van der Waals surface area (Å²) in [5.41, 5.74) is 1.79. The molecule has 0 fully saturated rings. The number of aliphatic hydroxyl groups excluding tert-OH is 1. The first-order valence-corrected chi connectivity index (χ1v) is 9.44. The minimum absolute atomic E-state index is 0.355. The number of pyridine rings is 1. The average molecular weight is 400 g/mol. The van der Waals surface area contributed by atoms with Gasteiger partial charge in [0.25, 0.3) is 11.5 Å². The largest absolute Gasteiger partial charge is 0.506 e. The average Bonchev–Trinajstić information content (AvgIpc) is 2.75. The van der Waals surface area contributed by atoms with Gasteiger partial charge in [-0.1, -0.05) is 60.2 Å². The number of nitrogens with one attached hydrogen (secondary N) is 2. The molecule has 3 aromatic carbocycles. The SMILES string of the molecule is Cc1ccc(NC(=O)c2c(O)c3ccccc3[nH]c2=O)c([C@@H](O)c2ccccc2)c1. The number of aryl methyl sites for hydroxylation is 1. The van der Waals surface area contributed by atoms with E-state index in [1.54, 1.807) is 54.6 Å². The topological polar surface area (TPSA) is 102 Å². The number of hydrogen-bond donors (Lipinski definition) is 4. The number of H-pyrrole nitrogens is 1. The van der Waals surface area contributed by atoms with E-state index in [-0.39, 0.29) is 11.3 Å². The quantitative estimate of drug-likeness (QED) is 0.417. The Morgan fingerprint density at radius 1 is 1.00 bits per heavy atom. The van der Waals surface area contributed by atoms with E-state index >= 15 is 0 Å². The monoisotopic (exact) mass is 400 g/mol. The van der Waals surface area contributed by atoms with E-state index < -0.39 is 17.6 Å². The van der Waals surface area contributed by atoms with Crippen molar-refractivity contribution < 1.29 is 15.0 Å². The predicted molar refractivity (Wildman–Crippen MR) is 116 cm³/mol. The van der Waals surface area contributed by atoms with Crippen LogP contribution in [0.2, 0.25) is 0 Å². The summed E-state index contributed by atoms with van der Waals surface area (Å²) in [7, 11) is 0. The maximum atomic E-state index is 12.9. The number of aromatic amines is 1. The number of para-hydroxylation sites is 1. The number of hydrogen-bond acceptors (Lipinski definition) is 4. The first-order chi connectivity index (χ1) is 14.5. The molecular formula is C24H20N2O4. The van der Waals surface area contributed by atoms with Gasteiger partial charge in [0.1, 0.15) is 17.4 Å². The Kier molecular flexibility index (Phi) is 5.08. The zero-order chi connectivity index (χ0) is 21.3. The lowest BCUT2D eigenvalue weighted by Crippen LogP contribution is -2.24. The van der Waals surface area contributed by atoms with E-state index in [9.17, 15) is 19.8 Å². The maximum absolute atomic E-state index is 12.9. The summed E-state index contributed by atoms with van der Waals surface area (Å²) < 4.78 is 0. The van der Waals surface area contributed by atoms with Crippen LogP contribution in [0.3, 0.4) is 0 Å². The van der Waals surface area contributed by atoms with Gasteiger partial charge in [-0.25, -0.2) is 0 Å². The van der Waals surface area contributed by atoms with E-state index in [4.69, 9.17) is 0 Å². The third-order valence-corrected chi connectivity index (χ3v) is 4.99. The van der Waals surface area contributed by atoms with Gasteiger partial charge in [0.05, 0.1) is 5.52 Å². The van der Waals surface area contributed by atoms with Crippen molar-refractivity contribution in [3.05, 3.63) is 105 Å². The highest BCUT2D eigenvalue weighted by Gasteiger charge is 2.22. The van der Waals surface area contributed by atoms with Gasteiger partial charge in [0.2, 0.25) is 0 Å². The molecule has 6 nitrogen and oxygen atoms in total. The number of fused-ring (bicyclic) bond motifs is 1. The van der Waals surface area contributed by atoms with Crippen molar-refractivity contribution in [2.24, 2.45) is 0 Å². The van der Waals surface area contributed by atoms with Crippen molar-refractivity contribution in [1.29, 1.82) is 0 Å². The summed E-state index contributed by atoms with van der Waals surface area (Å²) in [5.74, 6) is -1.14. The molecule has 4 aromatic rings. The van der Waals surface area contributed by atoms with Crippen LogP contribution in [0.1, 0.15) is 33.2 Å². The molecule has 0 aliphatic rings. The zero-order valence-corrected chi connectivity index (χ0v) is 16.2. The highest BCUT2D eigenvalue weighted by molar-refractivity contribution is 6.09. The molecule has 1 amide bonds. The van der Waals surface area contributed by atoms with E-state index in [0.717, 1.165) is 5.56 Å². The number of amides is 1. The van der Waals surface area contributed by atoms with E-state index in [1.807, 2.05) is 25.1 Å². The van der Waals surface area contributed by atoms with Crippen LogP contribution in [0.25, 0.3) is 10.9 Å². The minimum atomic E-state index is -0.968. The van der Waals surface area contributed by atoms with Crippen LogP contribution in [0.15, 0.2) is 77.6 Å². The van der Waals surface area contributed by atoms with Crippen molar-refractivity contribution in [2.75, 3.05) is 5.32 Å². The number of carbonyl (C=O) groups excluding carboxylic acids is 1. The van der Waals surface area contributed by atoms with Gasteiger partial charge >= 0.3 is 0 Å². The zero-order valence-electron chi connectivity index (χ0n) is 16.2. The standard InChI is InChI=1S/C24H20N2O4/c1-14-11-12-19(17(13-14)21(27)15-7-3-2-4-8-15)26-24(30)20-22(28)16-9-5-6-10-18(16)25-23(20)29/h2-13,21,27H,1H3,(H,26,30)(H2,25,28,29)/t21-/m0/s1. The molecule has 4 rings (SSSR count). The lowest BCUT2D eigenvalue weighted by atomic mass is 9.98. The Labute approximate surface area is 172 Å². The summed E-state index contributed by atoms with van der Waals surface area (Å²) in [6.07, 6.45) is -0.968. The Hall–Kier alpha value is -3.90. The number of anilines is 1. The minimum Gasteiger partial charge on any atom is -0.506 e. The molecule has 150 valence electrons. The summed E-state index contributed by atoms with van der Waals surface area (Å²) in [4.78, 5) is 28.0. The third kappa shape index (κ3) is 3.56. The fourth-order valence-electron chi connectivity index (χ4n) is 3.46.